The number of nitrogens with zero attached hydrogens (tertiary/aromatic N) is 2. The molecule has 0 spiro atoms. The monoisotopic (exact) mass is 417 g/mol. The highest BCUT2D eigenvalue weighted by Gasteiger charge is 2.33. The van der Waals surface area contributed by atoms with E-state index in [1.807, 2.05) is 43.3 Å². The Morgan fingerprint density at radius 1 is 1.15 bits per heavy atom. The summed E-state index contributed by atoms with van der Waals surface area (Å²) in [6.07, 6.45) is 1.76. The van der Waals surface area contributed by atoms with Gasteiger partial charge in [0.2, 0.25) is 0 Å². The van der Waals surface area contributed by atoms with E-state index < -0.39 is 5.91 Å². The average molecular weight is 418 g/mol. The van der Waals surface area contributed by atoms with Crippen LogP contribution >= 0.6 is 35.6 Å². The molecule has 3 rings (SSSR count). The molecule has 138 valence electrons. The third-order valence-electron chi connectivity index (χ3n) is 3.82. The number of amides is 2. The predicted molar refractivity (Wildman–Crippen MR) is 115 cm³/mol. The Hall–Kier alpha value is -2.35. The average Bonchev–Trinajstić information content (AvgIpc) is 2.90. The van der Waals surface area contributed by atoms with Gasteiger partial charge in [-0.1, -0.05) is 35.5 Å². The van der Waals surface area contributed by atoms with E-state index in [2.05, 4.69) is 5.43 Å². The fourth-order valence-corrected chi connectivity index (χ4v) is 3.66. The molecule has 1 heterocycles. The van der Waals surface area contributed by atoms with Gasteiger partial charge < -0.3 is 4.90 Å². The van der Waals surface area contributed by atoms with Gasteiger partial charge in [0.15, 0.2) is 4.32 Å². The Morgan fingerprint density at radius 2 is 1.78 bits per heavy atom. The molecule has 1 fully saturated rings. The van der Waals surface area contributed by atoms with Crippen molar-refractivity contribution in [3.05, 3.63) is 69.6 Å². The van der Waals surface area contributed by atoms with Crippen LogP contribution in [0.15, 0.2) is 53.4 Å². The Bertz CT molecular complexity index is 925. The van der Waals surface area contributed by atoms with Gasteiger partial charge >= 0.3 is 0 Å². The summed E-state index contributed by atoms with van der Waals surface area (Å²) >= 11 is 12.2. The maximum absolute atomic E-state index is 12.6. The molecule has 0 aliphatic carbocycles. The topological polar surface area (TPSA) is 52.6 Å². The molecule has 1 aliphatic heterocycles. The molecular formula is C19H16ClN3O2S2. The van der Waals surface area contributed by atoms with Crippen molar-refractivity contribution in [2.45, 2.75) is 0 Å². The molecule has 27 heavy (non-hydrogen) atoms. The molecule has 0 aromatic heterocycles. The number of anilines is 1. The van der Waals surface area contributed by atoms with Crippen molar-refractivity contribution < 1.29 is 9.59 Å². The van der Waals surface area contributed by atoms with E-state index in [0.29, 0.717) is 15.5 Å². The lowest BCUT2D eigenvalue weighted by atomic mass is 10.2. The van der Waals surface area contributed by atoms with Crippen LogP contribution in [0, 0.1) is 0 Å². The van der Waals surface area contributed by atoms with Gasteiger partial charge in [-0.3, -0.25) is 15.0 Å². The number of hydrazine groups is 1. The van der Waals surface area contributed by atoms with Gasteiger partial charge in [0.1, 0.15) is 0 Å². The minimum absolute atomic E-state index is 0.276. The second kappa shape index (κ2) is 8.12. The molecule has 2 aromatic rings. The minimum atomic E-state index is -0.431. The van der Waals surface area contributed by atoms with E-state index in [4.69, 9.17) is 23.8 Å². The van der Waals surface area contributed by atoms with Gasteiger partial charge in [-0.25, -0.2) is 0 Å². The molecule has 1 N–H and O–H groups in total. The number of hydrogen-bond donors (Lipinski definition) is 1. The maximum Gasteiger partial charge on any atom is 0.285 e. The molecule has 2 aromatic carbocycles. The molecule has 1 saturated heterocycles. The van der Waals surface area contributed by atoms with Crippen LogP contribution in [0.2, 0.25) is 5.02 Å². The number of carbonyl (C=O) groups excluding carboxylic acids is 2. The second-order valence-electron chi connectivity index (χ2n) is 5.95. The van der Waals surface area contributed by atoms with Crippen molar-refractivity contribution in [2.75, 3.05) is 19.0 Å². The summed E-state index contributed by atoms with van der Waals surface area (Å²) in [5.41, 5.74) is 4.88. The van der Waals surface area contributed by atoms with Crippen molar-refractivity contribution in [1.82, 2.24) is 10.4 Å². The Kier molecular flexibility index (Phi) is 5.84. The SMILES string of the molecule is CN(C)c1ccc(/C=C2/SC(=S)N(NC(=O)c3ccc(Cl)cc3)C2=O)cc1. The minimum Gasteiger partial charge on any atom is -0.378 e. The molecule has 2 amide bonds. The molecule has 0 bridgehead atoms. The molecule has 1 aliphatic rings. The van der Waals surface area contributed by atoms with Crippen molar-refractivity contribution in [1.29, 1.82) is 0 Å². The fraction of sp³-hybridized carbons (Fsp3) is 0.105. The molecule has 0 radical (unpaired) electrons. The van der Waals surface area contributed by atoms with E-state index in [0.717, 1.165) is 28.0 Å². The lowest BCUT2D eigenvalue weighted by molar-refractivity contribution is -0.123. The van der Waals surface area contributed by atoms with Gasteiger partial charge in [-0.05, 0) is 60.3 Å². The van der Waals surface area contributed by atoms with E-state index in [-0.39, 0.29) is 10.2 Å². The number of nitrogens with one attached hydrogen (secondary N) is 1. The van der Waals surface area contributed by atoms with Crippen molar-refractivity contribution in [3.63, 3.8) is 0 Å². The Morgan fingerprint density at radius 3 is 2.37 bits per heavy atom. The zero-order valence-corrected chi connectivity index (χ0v) is 17.0. The van der Waals surface area contributed by atoms with Crippen LogP contribution in [-0.4, -0.2) is 35.2 Å². The highest BCUT2D eigenvalue weighted by Crippen LogP contribution is 2.31. The molecular weight excluding hydrogens is 402 g/mol. The van der Waals surface area contributed by atoms with Crippen molar-refractivity contribution >= 4 is 63.5 Å². The van der Waals surface area contributed by atoms with Gasteiger partial charge in [0.05, 0.1) is 4.91 Å². The first kappa shape index (κ1) is 19.4. The highest BCUT2D eigenvalue weighted by atomic mass is 35.5. The summed E-state index contributed by atoms with van der Waals surface area (Å²) in [4.78, 5) is 27.4. The van der Waals surface area contributed by atoms with E-state index in [9.17, 15) is 9.59 Å². The molecule has 5 nitrogen and oxygen atoms in total. The lowest BCUT2D eigenvalue weighted by Crippen LogP contribution is -2.44. The summed E-state index contributed by atoms with van der Waals surface area (Å²) in [6.45, 7) is 0. The number of carbonyl (C=O) groups is 2. The van der Waals surface area contributed by atoms with Gasteiger partial charge in [0, 0.05) is 30.4 Å². The number of hydrogen-bond acceptors (Lipinski definition) is 5. The number of thioether (sulfide) groups is 1. The number of rotatable bonds is 4. The fourth-order valence-electron chi connectivity index (χ4n) is 2.35. The molecule has 0 unspecified atom stereocenters. The van der Waals surface area contributed by atoms with Crippen LogP contribution in [0.3, 0.4) is 0 Å². The van der Waals surface area contributed by atoms with Crippen LogP contribution < -0.4 is 10.3 Å². The zero-order valence-electron chi connectivity index (χ0n) is 14.6. The Balaban J connectivity index is 1.74. The largest absolute Gasteiger partial charge is 0.378 e. The smallest absolute Gasteiger partial charge is 0.285 e. The van der Waals surface area contributed by atoms with E-state index in [1.54, 1.807) is 30.3 Å². The first-order valence-electron chi connectivity index (χ1n) is 7.97. The Labute approximate surface area is 171 Å². The van der Waals surface area contributed by atoms with Gasteiger partial charge in [0.25, 0.3) is 11.8 Å². The van der Waals surface area contributed by atoms with Gasteiger partial charge in [-0.2, -0.15) is 5.01 Å². The van der Waals surface area contributed by atoms with Crippen LogP contribution in [0.25, 0.3) is 6.08 Å². The van der Waals surface area contributed by atoms with Crippen LogP contribution in [0.4, 0.5) is 5.69 Å². The van der Waals surface area contributed by atoms with Gasteiger partial charge in [-0.15, -0.1) is 0 Å². The van der Waals surface area contributed by atoms with Crippen LogP contribution in [-0.2, 0) is 4.79 Å². The van der Waals surface area contributed by atoms with E-state index >= 15 is 0 Å². The van der Waals surface area contributed by atoms with Crippen molar-refractivity contribution in [3.8, 4) is 0 Å². The summed E-state index contributed by atoms with van der Waals surface area (Å²) < 4.78 is 0.276. The first-order valence-corrected chi connectivity index (χ1v) is 9.57. The summed E-state index contributed by atoms with van der Waals surface area (Å²) in [5, 5.41) is 1.62. The number of halogens is 1. The lowest BCUT2D eigenvalue weighted by Gasteiger charge is -2.15. The highest BCUT2D eigenvalue weighted by molar-refractivity contribution is 8.26. The zero-order chi connectivity index (χ0) is 19.6. The third kappa shape index (κ3) is 4.50. The van der Waals surface area contributed by atoms with Crippen LogP contribution in [0.1, 0.15) is 15.9 Å². The van der Waals surface area contributed by atoms with Crippen molar-refractivity contribution in [2.24, 2.45) is 0 Å². The molecule has 0 saturated carbocycles. The summed E-state index contributed by atoms with van der Waals surface area (Å²) in [5.74, 6) is -0.788. The second-order valence-corrected chi connectivity index (χ2v) is 8.06. The normalized spacial score (nSPS) is 15.4. The quantitative estimate of drug-likeness (QED) is 0.603. The van der Waals surface area contributed by atoms with Crippen LogP contribution in [0.5, 0.6) is 0 Å². The van der Waals surface area contributed by atoms with E-state index in [1.165, 1.54) is 0 Å². The maximum atomic E-state index is 12.6. The molecule has 0 atom stereocenters. The molecule has 8 heteroatoms. The summed E-state index contributed by atoms with van der Waals surface area (Å²) in [7, 11) is 3.92. The number of thiocarbonyl (C=S) groups is 1. The number of benzene rings is 2. The third-order valence-corrected chi connectivity index (χ3v) is 5.37. The summed E-state index contributed by atoms with van der Waals surface area (Å²) in [6, 6.07) is 14.2. The first-order chi connectivity index (χ1) is 12.8. The standard InChI is InChI=1S/C19H16ClN3O2S2/c1-22(2)15-9-3-12(4-10-15)11-16-18(25)23(19(26)27-16)21-17(24)13-5-7-14(20)8-6-13/h3-11H,1-2H3,(H,21,24)/b16-11+. The predicted octanol–water partition coefficient (Wildman–Crippen LogP) is 3.95.